The second-order valence-electron chi connectivity index (χ2n) is 7.16. The van der Waals surface area contributed by atoms with Gasteiger partial charge in [-0.1, -0.05) is 60.7 Å². The number of hydrogen-bond acceptors (Lipinski definition) is 2. The molecule has 0 aromatic heterocycles. The zero-order chi connectivity index (χ0) is 20.5. The number of anilines is 2. The zero-order valence-corrected chi connectivity index (χ0v) is 16.0. The number of rotatable bonds is 3. The lowest BCUT2D eigenvalue weighted by Crippen LogP contribution is -2.33. The Hall–Kier alpha value is -3.79. The Kier molecular flexibility index (Phi) is 4.60. The fourth-order valence-electron chi connectivity index (χ4n) is 3.90. The third-order valence-corrected chi connectivity index (χ3v) is 5.24. The van der Waals surface area contributed by atoms with Gasteiger partial charge in [0.05, 0.1) is 17.1 Å². The van der Waals surface area contributed by atoms with Crippen LogP contribution in [0.5, 0.6) is 0 Å². The molecule has 4 heteroatoms. The number of halogens is 2. The van der Waals surface area contributed by atoms with Crippen LogP contribution in [0.4, 0.5) is 25.8 Å². The van der Waals surface area contributed by atoms with Gasteiger partial charge in [-0.15, -0.1) is 0 Å². The van der Waals surface area contributed by atoms with Gasteiger partial charge in [-0.25, -0.2) is 13.8 Å². The maximum absolute atomic E-state index is 14.3. The van der Waals surface area contributed by atoms with Gasteiger partial charge >= 0.3 is 0 Å². The minimum atomic E-state index is -0.342. The summed E-state index contributed by atoms with van der Waals surface area (Å²) >= 11 is 0. The number of aliphatic imine (C=N–C) groups is 1. The van der Waals surface area contributed by atoms with Crippen molar-refractivity contribution in [2.24, 2.45) is 4.99 Å². The Labute approximate surface area is 173 Å². The molecule has 0 bridgehead atoms. The molecule has 0 radical (unpaired) electrons. The summed E-state index contributed by atoms with van der Waals surface area (Å²) in [6, 6.07) is 30.5. The van der Waals surface area contributed by atoms with Gasteiger partial charge in [0, 0.05) is 5.69 Å². The van der Waals surface area contributed by atoms with Crippen molar-refractivity contribution in [2.75, 3.05) is 4.90 Å². The molecule has 146 valence electrons. The Morgan fingerprint density at radius 3 is 2.00 bits per heavy atom. The molecule has 0 fully saturated rings. The van der Waals surface area contributed by atoms with E-state index in [0.29, 0.717) is 11.4 Å². The van der Waals surface area contributed by atoms with Crippen molar-refractivity contribution in [1.29, 1.82) is 0 Å². The molecule has 0 aliphatic carbocycles. The van der Waals surface area contributed by atoms with Crippen molar-refractivity contribution in [3.8, 4) is 0 Å². The van der Waals surface area contributed by atoms with Crippen molar-refractivity contribution in [2.45, 2.75) is 6.04 Å². The van der Waals surface area contributed by atoms with Crippen LogP contribution in [-0.2, 0) is 0 Å². The Morgan fingerprint density at radius 1 is 0.667 bits per heavy atom. The van der Waals surface area contributed by atoms with Crippen LogP contribution >= 0.6 is 0 Å². The number of benzene rings is 4. The number of fused-ring (bicyclic) bond motifs is 1. The summed E-state index contributed by atoms with van der Waals surface area (Å²) in [5, 5.41) is 0. The molecule has 1 aliphatic rings. The first-order valence-corrected chi connectivity index (χ1v) is 9.74. The monoisotopic (exact) mass is 396 g/mol. The highest BCUT2D eigenvalue weighted by molar-refractivity contribution is 6.11. The van der Waals surface area contributed by atoms with E-state index in [0.717, 1.165) is 22.5 Å². The van der Waals surface area contributed by atoms with Crippen molar-refractivity contribution in [3.05, 3.63) is 126 Å². The fourth-order valence-corrected chi connectivity index (χ4v) is 3.90. The lowest BCUT2D eigenvalue weighted by atomic mass is 9.91. The van der Waals surface area contributed by atoms with Gasteiger partial charge in [-0.3, -0.25) is 0 Å². The molecule has 0 saturated carbocycles. The van der Waals surface area contributed by atoms with Crippen LogP contribution in [0.1, 0.15) is 17.2 Å². The summed E-state index contributed by atoms with van der Waals surface area (Å²) in [4.78, 5) is 6.97. The molecule has 0 amide bonds. The van der Waals surface area contributed by atoms with Gasteiger partial charge in [0.2, 0.25) is 0 Å². The van der Waals surface area contributed by atoms with Crippen molar-refractivity contribution < 1.29 is 8.78 Å². The summed E-state index contributed by atoms with van der Waals surface area (Å²) < 4.78 is 27.9. The van der Waals surface area contributed by atoms with Gasteiger partial charge in [0.1, 0.15) is 17.7 Å². The van der Waals surface area contributed by atoms with E-state index in [1.54, 1.807) is 18.2 Å². The molecule has 0 N–H and O–H groups in total. The topological polar surface area (TPSA) is 15.6 Å². The summed E-state index contributed by atoms with van der Waals surface area (Å²) in [6.45, 7) is 0. The SMILES string of the molecule is Fc1ccc(N2c3cc(F)ccc3N=C(c3ccccc3)C2c2ccccc2)cc1. The van der Waals surface area contributed by atoms with Crippen molar-refractivity contribution in [3.63, 3.8) is 0 Å². The van der Waals surface area contributed by atoms with Crippen LogP contribution in [0.2, 0.25) is 0 Å². The van der Waals surface area contributed by atoms with E-state index in [9.17, 15) is 8.78 Å². The maximum atomic E-state index is 14.3. The van der Waals surface area contributed by atoms with E-state index in [-0.39, 0.29) is 17.7 Å². The Morgan fingerprint density at radius 2 is 1.30 bits per heavy atom. The maximum Gasteiger partial charge on any atom is 0.125 e. The molecule has 1 atom stereocenters. The minimum absolute atomic E-state index is 0.298. The number of hydrogen-bond donors (Lipinski definition) is 0. The summed E-state index contributed by atoms with van der Waals surface area (Å²) in [6.07, 6.45) is 0. The van der Waals surface area contributed by atoms with Crippen molar-refractivity contribution in [1.82, 2.24) is 0 Å². The van der Waals surface area contributed by atoms with Gasteiger partial charge in [-0.2, -0.15) is 0 Å². The third kappa shape index (κ3) is 3.26. The molecule has 4 aromatic carbocycles. The molecule has 1 aliphatic heterocycles. The van der Waals surface area contributed by atoms with Gasteiger partial charge in [-0.05, 0) is 53.6 Å². The molecule has 1 unspecified atom stereocenters. The van der Waals surface area contributed by atoms with Crippen LogP contribution < -0.4 is 4.90 Å². The highest BCUT2D eigenvalue weighted by atomic mass is 19.1. The van der Waals surface area contributed by atoms with E-state index >= 15 is 0 Å². The number of nitrogens with zero attached hydrogens (tertiary/aromatic N) is 2. The molecular weight excluding hydrogens is 378 g/mol. The van der Waals surface area contributed by atoms with Crippen LogP contribution in [0.3, 0.4) is 0 Å². The second-order valence-corrected chi connectivity index (χ2v) is 7.16. The first kappa shape index (κ1) is 18.3. The quantitative estimate of drug-likeness (QED) is 0.365. The predicted octanol–water partition coefficient (Wildman–Crippen LogP) is 6.98. The molecule has 4 aromatic rings. The van der Waals surface area contributed by atoms with Crippen LogP contribution in [-0.4, -0.2) is 5.71 Å². The Balaban J connectivity index is 1.80. The Bertz CT molecular complexity index is 1200. The van der Waals surface area contributed by atoms with Gasteiger partial charge in [0.25, 0.3) is 0 Å². The molecular formula is C26H18F2N2. The fraction of sp³-hybridized carbons (Fsp3) is 0.0385. The predicted molar refractivity (Wildman–Crippen MR) is 117 cm³/mol. The van der Waals surface area contributed by atoms with Gasteiger partial charge in [0.15, 0.2) is 0 Å². The average molecular weight is 396 g/mol. The third-order valence-electron chi connectivity index (χ3n) is 5.24. The second kappa shape index (κ2) is 7.56. The lowest BCUT2D eigenvalue weighted by molar-refractivity contribution is 0.625. The highest BCUT2D eigenvalue weighted by Gasteiger charge is 2.33. The first-order valence-electron chi connectivity index (χ1n) is 9.74. The van der Waals surface area contributed by atoms with E-state index in [4.69, 9.17) is 4.99 Å². The molecule has 2 nitrogen and oxygen atoms in total. The van der Waals surface area contributed by atoms with Gasteiger partial charge < -0.3 is 4.90 Å². The van der Waals surface area contributed by atoms with Crippen LogP contribution in [0.25, 0.3) is 0 Å². The molecule has 0 spiro atoms. The summed E-state index contributed by atoms with van der Waals surface area (Å²) in [5.74, 6) is -0.658. The van der Waals surface area contributed by atoms with E-state index < -0.39 is 0 Å². The van der Waals surface area contributed by atoms with E-state index in [1.165, 1.54) is 24.3 Å². The zero-order valence-electron chi connectivity index (χ0n) is 16.0. The average Bonchev–Trinajstić information content (AvgIpc) is 2.80. The highest BCUT2D eigenvalue weighted by Crippen LogP contribution is 2.46. The molecule has 1 heterocycles. The largest absolute Gasteiger partial charge is 0.326 e. The summed E-state index contributed by atoms with van der Waals surface area (Å²) in [7, 11) is 0. The minimum Gasteiger partial charge on any atom is -0.326 e. The van der Waals surface area contributed by atoms with E-state index in [1.807, 2.05) is 65.6 Å². The smallest absolute Gasteiger partial charge is 0.125 e. The molecule has 5 rings (SSSR count). The van der Waals surface area contributed by atoms with Crippen LogP contribution in [0, 0.1) is 11.6 Å². The standard InChI is InChI=1S/C26H18F2N2/c27-20-11-14-22(15-12-20)30-24-17-21(28)13-16-23(24)29-25(18-7-3-1-4-8-18)26(30)19-9-5-2-6-10-19/h1-17,26H. The molecule has 30 heavy (non-hydrogen) atoms. The summed E-state index contributed by atoms with van der Waals surface area (Å²) in [5.41, 5.74) is 4.93. The lowest BCUT2D eigenvalue weighted by Gasteiger charge is -2.39. The van der Waals surface area contributed by atoms with E-state index in [2.05, 4.69) is 0 Å². The normalized spacial score (nSPS) is 15.5. The first-order chi connectivity index (χ1) is 14.7. The van der Waals surface area contributed by atoms with Crippen molar-refractivity contribution >= 4 is 22.8 Å². The molecule has 0 saturated heterocycles. The van der Waals surface area contributed by atoms with Crippen LogP contribution in [0.15, 0.2) is 108 Å².